The molecule has 4 aromatic rings. The van der Waals surface area contributed by atoms with E-state index in [4.69, 9.17) is 19.5 Å². The van der Waals surface area contributed by atoms with E-state index in [-0.39, 0.29) is 18.5 Å². The van der Waals surface area contributed by atoms with Crippen LogP contribution in [-0.4, -0.2) is 34.8 Å². The lowest BCUT2D eigenvalue weighted by molar-refractivity contribution is 0.0919. The Kier molecular flexibility index (Phi) is 6.29. The summed E-state index contributed by atoms with van der Waals surface area (Å²) in [6.07, 6.45) is -0.190. The predicted molar refractivity (Wildman–Crippen MR) is 117 cm³/mol. The molecule has 7 nitrogen and oxygen atoms in total. The third-order valence-corrected chi connectivity index (χ3v) is 4.70. The predicted octanol–water partition coefficient (Wildman–Crippen LogP) is 4.63. The van der Waals surface area contributed by atoms with Gasteiger partial charge in [0.25, 0.3) is 0 Å². The van der Waals surface area contributed by atoms with Gasteiger partial charge in [0.1, 0.15) is 53.1 Å². The van der Waals surface area contributed by atoms with Crippen LogP contribution in [0.2, 0.25) is 0 Å². The van der Waals surface area contributed by atoms with Crippen molar-refractivity contribution in [2.75, 3.05) is 13.7 Å². The van der Waals surface area contributed by atoms with Gasteiger partial charge in [-0.3, -0.25) is 0 Å². The summed E-state index contributed by atoms with van der Waals surface area (Å²) in [6, 6.07) is 17.2. The Bertz CT molecular complexity index is 1280. The Labute approximate surface area is 184 Å². The second kappa shape index (κ2) is 9.45. The number of nitrogens with zero attached hydrogens (tertiary/aromatic N) is 3. The van der Waals surface area contributed by atoms with Crippen LogP contribution in [0.5, 0.6) is 11.5 Å². The number of ether oxygens (including phenoxy) is 3. The van der Waals surface area contributed by atoms with E-state index < -0.39 is 0 Å². The summed E-state index contributed by atoms with van der Waals surface area (Å²) >= 11 is 0. The fourth-order valence-electron chi connectivity index (χ4n) is 3.23. The standard InChI is InChI=1S/C24H21FN4O3/c1-15(13-30-2)32-20-10-17(23-28-22-8-7-18(12-26)27-24(22)29-23)9-19(11-20)31-14-16-5-3-4-6-21(16)25/h3-11,15H,13-14H2,1-2H3,(H,27,28,29)/t15-/m0/s1. The summed E-state index contributed by atoms with van der Waals surface area (Å²) < 4.78 is 31.0. The minimum atomic E-state index is -0.328. The van der Waals surface area contributed by atoms with Gasteiger partial charge in [0, 0.05) is 24.3 Å². The van der Waals surface area contributed by atoms with E-state index in [2.05, 4.69) is 15.0 Å². The summed E-state index contributed by atoms with van der Waals surface area (Å²) in [4.78, 5) is 11.9. The van der Waals surface area contributed by atoms with Crippen LogP contribution in [0, 0.1) is 17.1 Å². The van der Waals surface area contributed by atoms with Gasteiger partial charge in [-0.1, -0.05) is 18.2 Å². The lowest BCUT2D eigenvalue weighted by Gasteiger charge is -2.16. The highest BCUT2D eigenvalue weighted by Gasteiger charge is 2.13. The van der Waals surface area contributed by atoms with E-state index in [1.54, 1.807) is 49.6 Å². The van der Waals surface area contributed by atoms with Crippen molar-refractivity contribution in [3.63, 3.8) is 0 Å². The number of pyridine rings is 1. The van der Waals surface area contributed by atoms with Gasteiger partial charge in [-0.05, 0) is 37.3 Å². The van der Waals surface area contributed by atoms with Crippen LogP contribution in [0.3, 0.4) is 0 Å². The average Bonchev–Trinajstić information content (AvgIpc) is 3.22. The Hall–Kier alpha value is -3.96. The second-order valence-electron chi connectivity index (χ2n) is 7.22. The number of aromatic nitrogens is 3. The third-order valence-electron chi connectivity index (χ3n) is 4.70. The highest BCUT2D eigenvalue weighted by molar-refractivity contribution is 5.77. The van der Waals surface area contributed by atoms with Gasteiger partial charge in [-0.15, -0.1) is 0 Å². The molecule has 1 N–H and O–H groups in total. The van der Waals surface area contributed by atoms with Crippen LogP contribution in [0.4, 0.5) is 4.39 Å². The van der Waals surface area contributed by atoms with E-state index >= 15 is 0 Å². The molecule has 32 heavy (non-hydrogen) atoms. The molecule has 2 aromatic carbocycles. The lowest BCUT2D eigenvalue weighted by atomic mass is 10.2. The first-order valence-corrected chi connectivity index (χ1v) is 10.00. The fraction of sp³-hybridized carbons (Fsp3) is 0.208. The van der Waals surface area contributed by atoms with Gasteiger partial charge in [0.15, 0.2) is 5.65 Å². The number of hydrogen-bond acceptors (Lipinski definition) is 6. The Morgan fingerprint density at radius 2 is 1.91 bits per heavy atom. The summed E-state index contributed by atoms with van der Waals surface area (Å²) in [7, 11) is 1.61. The molecule has 0 radical (unpaired) electrons. The zero-order chi connectivity index (χ0) is 22.5. The summed E-state index contributed by atoms with van der Waals surface area (Å²) in [5.41, 5.74) is 2.59. The number of aromatic amines is 1. The van der Waals surface area contributed by atoms with Gasteiger partial charge in [0.2, 0.25) is 0 Å². The van der Waals surface area contributed by atoms with Gasteiger partial charge in [-0.2, -0.15) is 5.26 Å². The third kappa shape index (κ3) is 4.85. The highest BCUT2D eigenvalue weighted by Crippen LogP contribution is 2.31. The molecule has 2 aromatic heterocycles. The average molecular weight is 432 g/mol. The largest absolute Gasteiger partial charge is 0.489 e. The molecule has 8 heteroatoms. The zero-order valence-electron chi connectivity index (χ0n) is 17.6. The fourth-order valence-corrected chi connectivity index (χ4v) is 3.23. The topological polar surface area (TPSA) is 93.1 Å². The van der Waals surface area contributed by atoms with E-state index in [9.17, 15) is 4.39 Å². The van der Waals surface area contributed by atoms with Crippen LogP contribution in [-0.2, 0) is 11.3 Å². The number of nitriles is 1. The van der Waals surface area contributed by atoms with Crippen LogP contribution >= 0.6 is 0 Å². The van der Waals surface area contributed by atoms with Crippen molar-refractivity contribution in [1.82, 2.24) is 15.0 Å². The molecular formula is C24H21FN4O3. The van der Waals surface area contributed by atoms with Gasteiger partial charge >= 0.3 is 0 Å². The molecule has 4 rings (SSSR count). The zero-order valence-corrected chi connectivity index (χ0v) is 17.6. The summed E-state index contributed by atoms with van der Waals surface area (Å²) in [6.45, 7) is 2.38. The number of H-pyrrole nitrogens is 1. The molecule has 2 heterocycles. The van der Waals surface area contributed by atoms with Crippen molar-refractivity contribution in [2.45, 2.75) is 19.6 Å². The molecule has 0 saturated carbocycles. The van der Waals surface area contributed by atoms with Gasteiger partial charge < -0.3 is 19.2 Å². The molecule has 0 aliphatic carbocycles. The van der Waals surface area contributed by atoms with Crippen molar-refractivity contribution >= 4 is 11.2 Å². The number of methoxy groups -OCH3 is 1. The minimum Gasteiger partial charge on any atom is -0.489 e. The molecule has 0 aliphatic heterocycles. The van der Waals surface area contributed by atoms with Crippen LogP contribution in [0.25, 0.3) is 22.6 Å². The molecular weight excluding hydrogens is 411 g/mol. The number of fused-ring (bicyclic) bond motifs is 1. The Balaban J connectivity index is 1.68. The molecule has 0 fully saturated rings. The SMILES string of the molecule is COC[C@H](C)Oc1cc(OCc2ccccc2F)cc(-c2nc3ccc(C#N)nc3[nH]2)c1. The summed E-state index contributed by atoms with van der Waals surface area (Å²) in [5.74, 6) is 1.27. The second-order valence-corrected chi connectivity index (χ2v) is 7.22. The molecule has 0 aliphatic rings. The number of hydrogen-bond donors (Lipinski definition) is 1. The Morgan fingerprint density at radius 3 is 2.69 bits per heavy atom. The number of benzene rings is 2. The lowest BCUT2D eigenvalue weighted by Crippen LogP contribution is -2.18. The van der Waals surface area contributed by atoms with Crippen molar-refractivity contribution in [3.8, 4) is 29.0 Å². The number of nitrogens with one attached hydrogen (secondary N) is 1. The maximum atomic E-state index is 14.0. The van der Waals surface area contributed by atoms with Crippen LogP contribution in [0.1, 0.15) is 18.2 Å². The molecule has 1 atom stereocenters. The number of rotatable bonds is 8. The Morgan fingerprint density at radius 1 is 1.09 bits per heavy atom. The molecule has 0 unspecified atom stereocenters. The van der Waals surface area contributed by atoms with Crippen molar-refractivity contribution < 1.29 is 18.6 Å². The van der Waals surface area contributed by atoms with E-state index in [0.29, 0.717) is 51.9 Å². The number of imidazole rings is 1. The molecule has 162 valence electrons. The number of halogens is 1. The normalized spacial score (nSPS) is 11.8. The summed E-state index contributed by atoms with van der Waals surface area (Å²) in [5, 5.41) is 9.08. The first kappa shape index (κ1) is 21.3. The quantitative estimate of drug-likeness (QED) is 0.436. The molecule has 0 amide bonds. The van der Waals surface area contributed by atoms with Crippen molar-refractivity contribution in [2.24, 2.45) is 0 Å². The first-order chi connectivity index (χ1) is 15.6. The van der Waals surface area contributed by atoms with Gasteiger partial charge in [-0.25, -0.2) is 14.4 Å². The van der Waals surface area contributed by atoms with E-state index in [1.165, 1.54) is 6.07 Å². The van der Waals surface area contributed by atoms with Gasteiger partial charge in [0.05, 0.1) is 6.61 Å². The maximum Gasteiger partial charge on any atom is 0.159 e. The smallest absolute Gasteiger partial charge is 0.159 e. The maximum absolute atomic E-state index is 14.0. The van der Waals surface area contributed by atoms with Crippen molar-refractivity contribution in [1.29, 1.82) is 5.26 Å². The molecule has 0 bridgehead atoms. The van der Waals surface area contributed by atoms with E-state index in [1.807, 2.05) is 19.1 Å². The van der Waals surface area contributed by atoms with Crippen molar-refractivity contribution in [3.05, 3.63) is 71.7 Å². The molecule has 0 spiro atoms. The highest BCUT2D eigenvalue weighted by atomic mass is 19.1. The minimum absolute atomic E-state index is 0.0659. The monoisotopic (exact) mass is 432 g/mol. The molecule has 0 saturated heterocycles. The van der Waals surface area contributed by atoms with E-state index in [0.717, 1.165) is 0 Å². The van der Waals surface area contributed by atoms with Crippen LogP contribution < -0.4 is 9.47 Å². The first-order valence-electron chi connectivity index (χ1n) is 10.00. The van der Waals surface area contributed by atoms with Crippen LogP contribution in [0.15, 0.2) is 54.6 Å².